The van der Waals surface area contributed by atoms with Crippen LogP contribution in [-0.4, -0.2) is 48.1 Å². The van der Waals surface area contributed by atoms with E-state index < -0.39 is 28.3 Å². The molecule has 7 nitrogen and oxygen atoms in total. The van der Waals surface area contributed by atoms with Gasteiger partial charge < -0.3 is 10.2 Å². The zero-order valence-electron chi connectivity index (χ0n) is 7.21. The Morgan fingerprint density at radius 1 is 1.54 bits per heavy atom. The Bertz CT molecular complexity index is 285. The molecule has 0 rings (SSSR count). The molecule has 0 saturated heterocycles. The molecular weight excluding hydrogens is 200 g/mol. The van der Waals surface area contributed by atoms with Gasteiger partial charge in [-0.05, 0) is 6.92 Å². The van der Waals surface area contributed by atoms with Crippen LogP contribution in [0.2, 0.25) is 0 Å². The largest absolute Gasteiger partial charge is 0.480 e. The van der Waals surface area contributed by atoms with Gasteiger partial charge in [0.25, 0.3) is 10.2 Å². The van der Waals surface area contributed by atoms with Crippen molar-refractivity contribution in [3.63, 3.8) is 0 Å². The Morgan fingerprint density at radius 2 is 1.92 bits per heavy atom. The van der Waals surface area contributed by atoms with Crippen LogP contribution in [0.1, 0.15) is 6.92 Å². The molecule has 0 aliphatic heterocycles. The van der Waals surface area contributed by atoms with Gasteiger partial charge in [-0.15, -0.1) is 0 Å². The molecule has 0 aromatic rings. The van der Waals surface area contributed by atoms with Crippen molar-refractivity contribution < 1.29 is 23.4 Å². The monoisotopic (exact) mass is 212 g/mol. The fraction of sp³-hybridized carbons (Fsp3) is 0.800. The highest BCUT2D eigenvalue weighted by molar-refractivity contribution is 7.86. The quantitative estimate of drug-likeness (QED) is 0.495. The van der Waals surface area contributed by atoms with Crippen molar-refractivity contribution in [2.24, 2.45) is 5.14 Å². The van der Waals surface area contributed by atoms with Gasteiger partial charge in [0, 0.05) is 7.05 Å². The number of nitrogens with zero attached hydrogens (tertiary/aromatic N) is 1. The van der Waals surface area contributed by atoms with Crippen molar-refractivity contribution in [3.8, 4) is 0 Å². The van der Waals surface area contributed by atoms with Crippen LogP contribution in [0.4, 0.5) is 0 Å². The molecule has 0 fully saturated rings. The third kappa shape index (κ3) is 3.27. The van der Waals surface area contributed by atoms with Crippen LogP contribution in [0.5, 0.6) is 0 Å². The molecule has 0 saturated carbocycles. The minimum Gasteiger partial charge on any atom is -0.480 e. The maximum absolute atomic E-state index is 10.7. The third-order valence-electron chi connectivity index (χ3n) is 1.50. The van der Waals surface area contributed by atoms with E-state index in [1.807, 2.05) is 0 Å². The fourth-order valence-corrected chi connectivity index (χ4v) is 1.41. The normalized spacial score (nSPS) is 17.0. The predicted octanol–water partition coefficient (Wildman–Crippen LogP) is -2.04. The van der Waals surface area contributed by atoms with Gasteiger partial charge in [-0.1, -0.05) is 0 Å². The molecule has 0 bridgehead atoms. The Labute approximate surface area is 75.9 Å². The Hall–Kier alpha value is -0.700. The number of aliphatic hydroxyl groups is 1. The summed E-state index contributed by atoms with van der Waals surface area (Å²) >= 11 is 0. The summed E-state index contributed by atoms with van der Waals surface area (Å²) in [4.78, 5) is 10.5. The standard InChI is InChI=1S/C5H12N2O5S/c1-3(8)4(5(9)10)7(2)13(6,11)12/h3-4,8H,1-2H3,(H,9,10)(H2,6,11,12)/t3-,4+/m1/s1. The molecule has 0 amide bonds. The van der Waals surface area contributed by atoms with E-state index in [1.54, 1.807) is 0 Å². The predicted molar refractivity (Wildman–Crippen MR) is 44.0 cm³/mol. The maximum Gasteiger partial charge on any atom is 0.324 e. The number of carbonyl (C=O) groups is 1. The van der Waals surface area contributed by atoms with Crippen LogP contribution < -0.4 is 5.14 Å². The highest BCUT2D eigenvalue weighted by atomic mass is 32.2. The molecule has 0 unspecified atom stereocenters. The summed E-state index contributed by atoms with van der Waals surface area (Å²) in [6.07, 6.45) is -1.33. The van der Waals surface area contributed by atoms with Gasteiger partial charge >= 0.3 is 5.97 Å². The van der Waals surface area contributed by atoms with Gasteiger partial charge in [0.2, 0.25) is 0 Å². The first kappa shape index (κ1) is 12.3. The average molecular weight is 212 g/mol. The van der Waals surface area contributed by atoms with Gasteiger partial charge in [-0.25, -0.2) is 5.14 Å². The minimum absolute atomic E-state index is 0.403. The lowest BCUT2D eigenvalue weighted by Crippen LogP contribution is -2.50. The summed E-state index contributed by atoms with van der Waals surface area (Å²) in [5.74, 6) is -1.45. The van der Waals surface area contributed by atoms with E-state index in [0.29, 0.717) is 4.31 Å². The first-order valence-electron chi connectivity index (χ1n) is 3.34. The van der Waals surface area contributed by atoms with Crippen molar-refractivity contribution in [1.82, 2.24) is 4.31 Å². The second-order valence-electron chi connectivity index (χ2n) is 2.58. The van der Waals surface area contributed by atoms with Crippen LogP contribution in [0.15, 0.2) is 0 Å². The lowest BCUT2D eigenvalue weighted by molar-refractivity contribution is -0.144. The van der Waals surface area contributed by atoms with Crippen molar-refractivity contribution >= 4 is 16.2 Å². The number of carboxylic acids is 1. The zero-order valence-corrected chi connectivity index (χ0v) is 8.02. The zero-order chi connectivity index (χ0) is 10.8. The highest BCUT2D eigenvalue weighted by Crippen LogP contribution is 2.05. The van der Waals surface area contributed by atoms with Gasteiger partial charge in [0.05, 0.1) is 6.10 Å². The third-order valence-corrected chi connectivity index (χ3v) is 2.53. The van der Waals surface area contributed by atoms with Gasteiger partial charge in [-0.3, -0.25) is 4.79 Å². The second kappa shape index (κ2) is 4.01. The molecule has 0 aromatic carbocycles. The Balaban J connectivity index is 4.88. The van der Waals surface area contributed by atoms with E-state index in [2.05, 4.69) is 5.14 Å². The second-order valence-corrected chi connectivity index (χ2v) is 4.19. The van der Waals surface area contributed by atoms with E-state index in [0.717, 1.165) is 7.05 Å². The number of likely N-dealkylation sites (N-methyl/N-ethyl adjacent to an activating group) is 1. The van der Waals surface area contributed by atoms with Crippen LogP contribution >= 0.6 is 0 Å². The van der Waals surface area contributed by atoms with Crippen molar-refractivity contribution in [2.45, 2.75) is 19.1 Å². The molecule has 0 aliphatic carbocycles. The van der Waals surface area contributed by atoms with E-state index >= 15 is 0 Å². The fourth-order valence-electron chi connectivity index (χ4n) is 0.824. The molecule has 13 heavy (non-hydrogen) atoms. The van der Waals surface area contributed by atoms with E-state index in [-0.39, 0.29) is 0 Å². The van der Waals surface area contributed by atoms with Crippen LogP contribution in [0.25, 0.3) is 0 Å². The lowest BCUT2D eigenvalue weighted by Gasteiger charge is -2.23. The van der Waals surface area contributed by atoms with Crippen LogP contribution in [0, 0.1) is 0 Å². The summed E-state index contributed by atoms with van der Waals surface area (Å²) in [5, 5.41) is 22.2. The number of rotatable bonds is 4. The topological polar surface area (TPSA) is 121 Å². The number of carboxylic acid groups (broad SMARTS) is 1. The first-order valence-corrected chi connectivity index (χ1v) is 4.85. The molecule has 0 radical (unpaired) electrons. The summed E-state index contributed by atoms with van der Waals surface area (Å²) < 4.78 is 21.8. The number of hydrogen-bond acceptors (Lipinski definition) is 4. The molecule has 0 spiro atoms. The number of hydrogen-bond donors (Lipinski definition) is 3. The molecule has 2 atom stereocenters. The molecule has 0 aliphatic rings. The number of nitrogens with two attached hydrogens (primary N) is 1. The summed E-state index contributed by atoms with van der Waals surface area (Å²) in [6, 6.07) is -1.56. The Kier molecular flexibility index (Phi) is 3.79. The van der Waals surface area contributed by atoms with Gasteiger partial charge in [-0.2, -0.15) is 12.7 Å². The van der Waals surface area contributed by atoms with Crippen molar-refractivity contribution in [3.05, 3.63) is 0 Å². The molecule has 8 heteroatoms. The summed E-state index contributed by atoms with van der Waals surface area (Å²) in [5.41, 5.74) is 0. The van der Waals surface area contributed by atoms with E-state index in [4.69, 9.17) is 10.2 Å². The molecule has 4 N–H and O–H groups in total. The van der Waals surface area contributed by atoms with E-state index in [1.165, 1.54) is 6.92 Å². The lowest BCUT2D eigenvalue weighted by atomic mass is 10.2. The van der Waals surface area contributed by atoms with Crippen molar-refractivity contribution in [1.29, 1.82) is 0 Å². The smallest absolute Gasteiger partial charge is 0.324 e. The van der Waals surface area contributed by atoms with Crippen LogP contribution in [0.3, 0.4) is 0 Å². The first-order chi connectivity index (χ1) is 5.68. The summed E-state index contributed by atoms with van der Waals surface area (Å²) in [7, 11) is -3.11. The molecule has 0 heterocycles. The SMILES string of the molecule is C[C@@H](O)[C@@H](C(=O)O)N(C)S(N)(=O)=O. The Morgan fingerprint density at radius 3 is 2.00 bits per heavy atom. The van der Waals surface area contributed by atoms with Gasteiger partial charge in [0.1, 0.15) is 6.04 Å². The molecular formula is C5H12N2O5S. The average Bonchev–Trinajstić information content (AvgIpc) is 1.82. The van der Waals surface area contributed by atoms with Gasteiger partial charge in [0.15, 0.2) is 0 Å². The number of aliphatic carboxylic acids is 1. The minimum atomic E-state index is -4.10. The molecule has 0 aromatic heterocycles. The van der Waals surface area contributed by atoms with E-state index in [9.17, 15) is 13.2 Å². The van der Waals surface area contributed by atoms with Crippen molar-refractivity contribution in [2.75, 3.05) is 7.05 Å². The highest BCUT2D eigenvalue weighted by Gasteiger charge is 2.33. The molecule has 78 valence electrons. The maximum atomic E-state index is 10.7. The number of aliphatic hydroxyl groups excluding tert-OH is 1. The van der Waals surface area contributed by atoms with Crippen LogP contribution in [-0.2, 0) is 15.0 Å². The summed E-state index contributed by atoms with van der Waals surface area (Å²) in [6.45, 7) is 1.17.